The molecule has 2 atom stereocenters. The van der Waals surface area contributed by atoms with E-state index in [0.717, 1.165) is 5.82 Å². The van der Waals surface area contributed by atoms with Crippen molar-refractivity contribution in [2.45, 2.75) is 18.3 Å². The first-order chi connectivity index (χ1) is 2.30. The molecule has 1 rings (SSSR count). The van der Waals surface area contributed by atoms with E-state index in [1.807, 2.05) is 0 Å². The molecule has 28 valence electrons. The normalized spacial score (nSPS) is 49.0. The predicted molar refractivity (Wildman–Crippen MR) is 24.9 cm³/mol. The minimum Gasteiger partial charge on any atom is -0.328 e. The van der Waals surface area contributed by atoms with E-state index in [2.05, 4.69) is 7.85 Å². The minimum atomic E-state index is 0.551. The summed E-state index contributed by atoms with van der Waals surface area (Å²) >= 11 is 0. The summed E-state index contributed by atoms with van der Waals surface area (Å²) in [6.07, 6.45) is 1.25. The van der Waals surface area contributed by atoms with Crippen molar-refractivity contribution in [1.29, 1.82) is 0 Å². The van der Waals surface area contributed by atoms with Crippen LogP contribution in [-0.2, 0) is 0 Å². The first-order valence-electron chi connectivity index (χ1n) is 2.06. The largest absolute Gasteiger partial charge is 0.328 e. The molecule has 0 radical (unpaired) electrons. The van der Waals surface area contributed by atoms with Gasteiger partial charge in [-0.1, -0.05) is 5.82 Å². The van der Waals surface area contributed by atoms with Gasteiger partial charge in [-0.2, -0.15) is 0 Å². The Labute approximate surface area is 33.0 Å². The topological polar surface area (TPSA) is 26.0 Å². The van der Waals surface area contributed by atoms with Crippen LogP contribution in [0.3, 0.4) is 0 Å². The fraction of sp³-hybridized carbons (Fsp3) is 1.00. The summed E-state index contributed by atoms with van der Waals surface area (Å²) in [6, 6.07) is 0.551. The lowest BCUT2D eigenvalue weighted by Gasteiger charge is -1.68. The third-order valence-electron chi connectivity index (χ3n) is 1.17. The van der Waals surface area contributed by atoms with Gasteiger partial charge >= 0.3 is 0 Å². The van der Waals surface area contributed by atoms with E-state index >= 15 is 0 Å². The lowest BCUT2D eigenvalue weighted by atomic mass is 10.0. The summed E-state index contributed by atoms with van der Waals surface area (Å²) in [5.74, 6) is 0.829. The zero-order valence-corrected chi connectivity index (χ0v) is 3.44. The third kappa shape index (κ3) is 0.455. The van der Waals surface area contributed by atoms with Gasteiger partial charge in [-0.15, -0.1) is 0 Å². The molecule has 0 aromatic carbocycles. The Morgan fingerprint density at radius 3 is 2.00 bits per heavy atom. The smallest absolute Gasteiger partial charge is 0.107 e. The molecule has 5 heavy (non-hydrogen) atoms. The van der Waals surface area contributed by atoms with Gasteiger partial charge in [-0.05, 0) is 12.5 Å². The molecule has 0 amide bonds. The summed E-state index contributed by atoms with van der Waals surface area (Å²) in [5, 5.41) is 0. The second-order valence-corrected chi connectivity index (χ2v) is 1.88. The lowest BCUT2D eigenvalue weighted by Crippen LogP contribution is -1.98. The molecule has 1 aliphatic carbocycles. The Balaban J connectivity index is 2.20. The zero-order chi connectivity index (χ0) is 3.86. The van der Waals surface area contributed by atoms with Gasteiger partial charge in [0.15, 0.2) is 0 Å². The predicted octanol–water partition coefficient (Wildman–Crippen LogP) is -0.861. The van der Waals surface area contributed by atoms with Crippen LogP contribution in [-0.4, -0.2) is 13.9 Å². The molecule has 1 nitrogen and oxygen atoms in total. The molecule has 0 aliphatic heterocycles. The highest BCUT2D eigenvalue weighted by molar-refractivity contribution is 6.14. The first-order valence-corrected chi connectivity index (χ1v) is 2.06. The van der Waals surface area contributed by atoms with Crippen molar-refractivity contribution < 1.29 is 0 Å². The SMILES string of the molecule is B[C@H]1CC1N. The summed E-state index contributed by atoms with van der Waals surface area (Å²) in [5.41, 5.74) is 5.37. The van der Waals surface area contributed by atoms with Crippen molar-refractivity contribution in [3.63, 3.8) is 0 Å². The fourth-order valence-electron chi connectivity index (χ4n) is 0.351. The van der Waals surface area contributed by atoms with E-state index < -0.39 is 0 Å². The average Bonchev–Trinajstić information content (AvgIpc) is 1.79. The fourth-order valence-corrected chi connectivity index (χ4v) is 0.351. The molecule has 0 aromatic rings. The highest BCUT2D eigenvalue weighted by atomic mass is 14.7. The van der Waals surface area contributed by atoms with E-state index in [1.54, 1.807) is 0 Å². The van der Waals surface area contributed by atoms with Crippen molar-refractivity contribution >= 4 is 7.85 Å². The molecule has 0 saturated heterocycles. The monoisotopic (exact) mass is 69.1 g/mol. The van der Waals surface area contributed by atoms with Crippen LogP contribution in [0, 0.1) is 0 Å². The standard InChI is InChI=1S/C3H8BN/c4-2-1-3(2)5/h2-3H,1,4-5H2/t2-,3?/m0/s1. The minimum absolute atomic E-state index is 0.551. The second kappa shape index (κ2) is 0.746. The van der Waals surface area contributed by atoms with Gasteiger partial charge in [0.2, 0.25) is 0 Å². The van der Waals surface area contributed by atoms with E-state index in [0.29, 0.717) is 6.04 Å². The van der Waals surface area contributed by atoms with Gasteiger partial charge in [0.05, 0.1) is 0 Å². The second-order valence-electron chi connectivity index (χ2n) is 1.88. The van der Waals surface area contributed by atoms with Crippen LogP contribution >= 0.6 is 0 Å². The third-order valence-corrected chi connectivity index (χ3v) is 1.17. The van der Waals surface area contributed by atoms with Crippen molar-refractivity contribution in [2.24, 2.45) is 5.73 Å². The van der Waals surface area contributed by atoms with Gasteiger partial charge in [-0.25, -0.2) is 0 Å². The van der Waals surface area contributed by atoms with Crippen molar-refractivity contribution in [3.05, 3.63) is 0 Å². The molecule has 0 aromatic heterocycles. The molecule has 1 unspecified atom stereocenters. The zero-order valence-electron chi connectivity index (χ0n) is 3.44. The number of rotatable bonds is 0. The van der Waals surface area contributed by atoms with Gasteiger partial charge in [-0.3, -0.25) is 0 Å². The highest BCUT2D eigenvalue weighted by Gasteiger charge is 2.27. The van der Waals surface area contributed by atoms with Gasteiger partial charge < -0.3 is 5.73 Å². The van der Waals surface area contributed by atoms with E-state index in [9.17, 15) is 0 Å². The van der Waals surface area contributed by atoms with E-state index in [4.69, 9.17) is 5.73 Å². The average molecular weight is 68.9 g/mol. The molecule has 0 bridgehead atoms. The maximum atomic E-state index is 5.37. The number of nitrogens with two attached hydrogens (primary N) is 1. The molecular weight excluding hydrogens is 60.9 g/mol. The first kappa shape index (κ1) is 3.22. The number of hydrogen-bond acceptors (Lipinski definition) is 1. The Morgan fingerprint density at radius 2 is 2.00 bits per heavy atom. The molecule has 0 spiro atoms. The highest BCUT2D eigenvalue weighted by Crippen LogP contribution is 2.29. The van der Waals surface area contributed by atoms with Crippen LogP contribution < -0.4 is 5.73 Å². The summed E-state index contributed by atoms with van der Waals surface area (Å²) < 4.78 is 0. The summed E-state index contributed by atoms with van der Waals surface area (Å²) in [6.45, 7) is 0. The number of hydrogen-bond donors (Lipinski definition) is 1. The van der Waals surface area contributed by atoms with Crippen LogP contribution in [0.25, 0.3) is 0 Å². The van der Waals surface area contributed by atoms with Gasteiger partial charge in [0, 0.05) is 0 Å². The van der Waals surface area contributed by atoms with E-state index in [-0.39, 0.29) is 0 Å². The summed E-state index contributed by atoms with van der Waals surface area (Å²) in [7, 11) is 2.17. The Kier molecular flexibility index (Phi) is 0.481. The van der Waals surface area contributed by atoms with E-state index in [1.165, 1.54) is 6.42 Å². The van der Waals surface area contributed by atoms with Crippen LogP contribution in [0.5, 0.6) is 0 Å². The molecule has 2 heteroatoms. The van der Waals surface area contributed by atoms with Crippen molar-refractivity contribution in [1.82, 2.24) is 0 Å². The van der Waals surface area contributed by atoms with Crippen LogP contribution in [0.4, 0.5) is 0 Å². The maximum Gasteiger partial charge on any atom is 0.107 e. The van der Waals surface area contributed by atoms with Crippen molar-refractivity contribution in [3.8, 4) is 0 Å². The molecular formula is C3H8BN. The van der Waals surface area contributed by atoms with Gasteiger partial charge in [0.25, 0.3) is 0 Å². The molecule has 2 N–H and O–H groups in total. The van der Waals surface area contributed by atoms with Crippen molar-refractivity contribution in [2.75, 3.05) is 0 Å². The molecule has 0 heterocycles. The Morgan fingerprint density at radius 1 is 1.80 bits per heavy atom. The molecule has 1 fully saturated rings. The quantitative estimate of drug-likeness (QED) is 0.368. The van der Waals surface area contributed by atoms with Crippen LogP contribution in [0.1, 0.15) is 6.42 Å². The summed E-state index contributed by atoms with van der Waals surface area (Å²) in [4.78, 5) is 0. The molecule has 1 aliphatic rings. The maximum absolute atomic E-state index is 5.37. The van der Waals surface area contributed by atoms with Gasteiger partial charge in [0.1, 0.15) is 7.85 Å². The lowest BCUT2D eigenvalue weighted by molar-refractivity contribution is 1.07. The van der Waals surface area contributed by atoms with Crippen LogP contribution in [0.2, 0.25) is 5.82 Å². The van der Waals surface area contributed by atoms with Crippen LogP contribution in [0.15, 0.2) is 0 Å². The Bertz CT molecular complexity index is 40.2. The molecule has 1 saturated carbocycles. The Hall–Kier alpha value is 0.0249.